The number of fused-ring (bicyclic) bond motifs is 1. The zero-order valence-electron chi connectivity index (χ0n) is 15.3. The van der Waals surface area contributed by atoms with Crippen LogP contribution in [-0.4, -0.2) is 32.1 Å². The van der Waals surface area contributed by atoms with Crippen LogP contribution in [0.3, 0.4) is 0 Å². The lowest BCUT2D eigenvalue weighted by Crippen LogP contribution is -2.27. The van der Waals surface area contributed by atoms with E-state index in [-0.39, 0.29) is 23.8 Å². The molecule has 0 saturated carbocycles. The maximum atomic E-state index is 12.9. The minimum atomic E-state index is -3.79. The molecule has 1 atom stereocenters. The predicted molar refractivity (Wildman–Crippen MR) is 107 cm³/mol. The highest BCUT2D eigenvalue weighted by molar-refractivity contribution is 7.92. The fourth-order valence-corrected chi connectivity index (χ4v) is 4.32. The molecule has 1 aliphatic heterocycles. The monoisotopic (exact) mass is 422 g/mol. The highest BCUT2D eigenvalue weighted by atomic mass is 35.5. The summed E-state index contributed by atoms with van der Waals surface area (Å²) in [6.07, 6.45) is -0.228. The number of hydrogen-bond donors (Lipinski definition) is 2. The smallest absolute Gasteiger partial charge is 0.262 e. The lowest BCUT2D eigenvalue weighted by Gasteiger charge is -2.19. The molecule has 9 heteroatoms. The Bertz CT molecular complexity index is 1050. The molecule has 0 bridgehead atoms. The molecule has 7 nitrogen and oxygen atoms in total. The highest BCUT2D eigenvalue weighted by Gasteiger charge is 2.28. The molecule has 0 radical (unpaired) electrons. The number of carbonyl (C=O) groups is 2. The van der Waals surface area contributed by atoms with Gasteiger partial charge in [0, 0.05) is 17.1 Å². The van der Waals surface area contributed by atoms with E-state index in [9.17, 15) is 18.0 Å². The number of hydrogen-bond acceptors (Lipinski definition) is 5. The molecular weight excluding hydrogens is 404 g/mol. The van der Waals surface area contributed by atoms with Crippen LogP contribution in [0, 0.1) is 6.92 Å². The molecule has 2 aromatic rings. The molecule has 0 aliphatic carbocycles. The molecule has 0 fully saturated rings. The summed E-state index contributed by atoms with van der Waals surface area (Å²) >= 11 is 5.94. The summed E-state index contributed by atoms with van der Waals surface area (Å²) in [7, 11) is -3.79. The second-order valence-electron chi connectivity index (χ2n) is 6.56. The number of nitrogens with one attached hydrogen (secondary N) is 2. The number of amides is 2. The molecule has 2 aromatic carbocycles. The summed E-state index contributed by atoms with van der Waals surface area (Å²) in [5.74, 6) is -0.386. The molecule has 1 aliphatic rings. The molecule has 0 aromatic heterocycles. The van der Waals surface area contributed by atoms with Gasteiger partial charge in [-0.25, -0.2) is 8.42 Å². The number of sulfone groups is 1. The first-order valence-corrected chi connectivity index (χ1v) is 10.5. The van der Waals surface area contributed by atoms with Crippen LogP contribution in [0.1, 0.15) is 18.9 Å². The van der Waals surface area contributed by atoms with Crippen LogP contribution in [0.5, 0.6) is 5.75 Å². The highest BCUT2D eigenvalue weighted by Crippen LogP contribution is 2.32. The van der Waals surface area contributed by atoms with Crippen LogP contribution < -0.4 is 15.4 Å². The van der Waals surface area contributed by atoms with Crippen LogP contribution in [0.15, 0.2) is 41.3 Å². The summed E-state index contributed by atoms with van der Waals surface area (Å²) in [6, 6.07) is 9.32. The first-order chi connectivity index (χ1) is 13.2. The van der Waals surface area contributed by atoms with E-state index in [1.54, 1.807) is 18.2 Å². The van der Waals surface area contributed by atoms with Crippen LogP contribution in [-0.2, 0) is 19.4 Å². The quantitative estimate of drug-likeness (QED) is 0.770. The van der Waals surface area contributed by atoms with Gasteiger partial charge in [0.15, 0.2) is 16.4 Å². The van der Waals surface area contributed by atoms with E-state index in [1.165, 1.54) is 25.1 Å². The van der Waals surface area contributed by atoms with Gasteiger partial charge in [-0.2, -0.15) is 0 Å². The second-order valence-corrected chi connectivity index (χ2v) is 9.36. The number of carbonyl (C=O) groups excluding carboxylic acids is 2. The molecular formula is C19H19ClN2O5S. The average molecular weight is 423 g/mol. The van der Waals surface area contributed by atoms with Crippen molar-refractivity contribution in [2.45, 2.75) is 30.4 Å². The third kappa shape index (κ3) is 4.28. The van der Waals surface area contributed by atoms with Gasteiger partial charge in [0.2, 0.25) is 5.91 Å². The lowest BCUT2D eigenvalue weighted by molar-refractivity contribution is -0.118. The van der Waals surface area contributed by atoms with Crippen LogP contribution in [0.4, 0.5) is 11.4 Å². The van der Waals surface area contributed by atoms with Gasteiger partial charge in [0.25, 0.3) is 5.91 Å². The van der Waals surface area contributed by atoms with Crippen molar-refractivity contribution in [2.24, 2.45) is 0 Å². The SMILES string of the molecule is Cc1ccc(Cl)cc1NC(=O)C[C@@H](C)S(=O)(=O)c1ccc2c(c1)NC(=O)CO2. The molecule has 2 amide bonds. The maximum Gasteiger partial charge on any atom is 0.262 e. The average Bonchev–Trinajstić information content (AvgIpc) is 2.63. The van der Waals surface area contributed by atoms with Crippen LogP contribution in [0.25, 0.3) is 0 Å². The molecule has 1 heterocycles. The van der Waals surface area contributed by atoms with Gasteiger partial charge < -0.3 is 15.4 Å². The normalized spacial score (nSPS) is 14.5. The Kier molecular flexibility index (Phi) is 5.62. The molecule has 148 valence electrons. The first kappa shape index (κ1) is 20.2. The van der Waals surface area contributed by atoms with Crippen molar-refractivity contribution in [3.8, 4) is 5.75 Å². The molecule has 2 N–H and O–H groups in total. The topological polar surface area (TPSA) is 102 Å². The summed E-state index contributed by atoms with van der Waals surface area (Å²) < 4.78 is 30.9. The zero-order valence-corrected chi connectivity index (χ0v) is 16.9. The molecule has 0 spiro atoms. The Hall–Kier alpha value is -2.58. The van der Waals surface area contributed by atoms with Gasteiger partial charge in [-0.3, -0.25) is 9.59 Å². The Balaban J connectivity index is 1.75. The third-order valence-corrected chi connectivity index (χ3v) is 6.76. The number of benzene rings is 2. The fourth-order valence-electron chi connectivity index (χ4n) is 2.77. The van der Waals surface area contributed by atoms with Crippen molar-refractivity contribution in [3.63, 3.8) is 0 Å². The van der Waals surface area contributed by atoms with E-state index in [1.807, 2.05) is 6.92 Å². The van der Waals surface area contributed by atoms with Crippen LogP contribution >= 0.6 is 11.6 Å². The van der Waals surface area contributed by atoms with E-state index < -0.39 is 21.0 Å². The van der Waals surface area contributed by atoms with E-state index in [4.69, 9.17) is 16.3 Å². The van der Waals surface area contributed by atoms with Gasteiger partial charge >= 0.3 is 0 Å². The van der Waals surface area contributed by atoms with Gasteiger partial charge in [0.1, 0.15) is 5.75 Å². The lowest BCUT2D eigenvalue weighted by atomic mass is 10.2. The summed E-state index contributed by atoms with van der Waals surface area (Å²) in [4.78, 5) is 23.8. The Morgan fingerprint density at radius 2 is 2.04 bits per heavy atom. The third-order valence-electron chi connectivity index (χ3n) is 4.39. The summed E-state index contributed by atoms with van der Waals surface area (Å²) in [5.41, 5.74) is 1.65. The van der Waals surface area contributed by atoms with E-state index in [0.29, 0.717) is 22.1 Å². The zero-order chi connectivity index (χ0) is 20.5. The Labute approximate surface area is 168 Å². The second kappa shape index (κ2) is 7.81. The van der Waals surface area contributed by atoms with Crippen molar-refractivity contribution >= 4 is 44.6 Å². The van der Waals surface area contributed by atoms with Crippen molar-refractivity contribution in [1.82, 2.24) is 0 Å². The van der Waals surface area contributed by atoms with Crippen LogP contribution in [0.2, 0.25) is 5.02 Å². The molecule has 28 heavy (non-hydrogen) atoms. The number of rotatable bonds is 5. The summed E-state index contributed by atoms with van der Waals surface area (Å²) in [5, 5.41) is 4.78. The Morgan fingerprint density at radius 1 is 1.29 bits per heavy atom. The van der Waals surface area contributed by atoms with E-state index >= 15 is 0 Å². The molecule has 0 saturated heterocycles. The van der Waals surface area contributed by atoms with Gasteiger partial charge in [-0.05, 0) is 49.7 Å². The Morgan fingerprint density at radius 3 is 2.79 bits per heavy atom. The molecule has 0 unspecified atom stereocenters. The first-order valence-electron chi connectivity index (χ1n) is 8.53. The number of anilines is 2. The van der Waals surface area contributed by atoms with Crippen molar-refractivity contribution in [1.29, 1.82) is 0 Å². The van der Waals surface area contributed by atoms with E-state index in [0.717, 1.165) is 5.56 Å². The van der Waals surface area contributed by atoms with Crippen molar-refractivity contribution < 1.29 is 22.7 Å². The fraction of sp³-hybridized carbons (Fsp3) is 0.263. The minimum absolute atomic E-state index is 0.0105. The van der Waals surface area contributed by atoms with Gasteiger partial charge in [0.05, 0.1) is 15.8 Å². The molecule has 3 rings (SSSR count). The maximum absolute atomic E-state index is 12.9. The van der Waals surface area contributed by atoms with Gasteiger partial charge in [-0.15, -0.1) is 0 Å². The minimum Gasteiger partial charge on any atom is -0.482 e. The standard InChI is InChI=1S/C19H19ClN2O5S/c1-11-3-4-13(20)8-15(11)21-18(23)7-12(2)28(25,26)14-5-6-17-16(9-14)22-19(24)10-27-17/h3-6,8-9,12H,7,10H2,1-2H3,(H,21,23)(H,22,24)/t12-/m1/s1. The number of aryl methyl sites for hydroxylation is 1. The van der Waals surface area contributed by atoms with Gasteiger partial charge in [-0.1, -0.05) is 17.7 Å². The van der Waals surface area contributed by atoms with Crippen molar-refractivity contribution in [2.75, 3.05) is 17.2 Å². The largest absolute Gasteiger partial charge is 0.482 e. The number of ether oxygens (including phenoxy) is 1. The predicted octanol–water partition coefficient (Wildman–Crippen LogP) is 3.17. The van der Waals surface area contributed by atoms with Crippen molar-refractivity contribution in [3.05, 3.63) is 47.0 Å². The number of halogens is 1. The summed E-state index contributed by atoms with van der Waals surface area (Å²) in [6.45, 7) is 3.17. The van der Waals surface area contributed by atoms with E-state index in [2.05, 4.69) is 10.6 Å².